The maximum Gasteiger partial charge on any atom is 0.267 e. The lowest BCUT2D eigenvalue weighted by Crippen LogP contribution is -2.29. The standard InChI is InChI=1S/C19H18N2O/c22-19(18-12-7-13-20-18)21-14-17(15-8-3-1-4-9-15)16-10-5-2-6-11-16/h1-13,17,20H,14H2,(H,21,22). The third kappa shape index (κ3) is 3.26. The molecule has 3 nitrogen and oxygen atoms in total. The van der Waals surface area contributed by atoms with Crippen LogP contribution in [0.3, 0.4) is 0 Å². The van der Waals surface area contributed by atoms with Crippen LogP contribution in [0.25, 0.3) is 0 Å². The maximum atomic E-state index is 12.1. The van der Waals surface area contributed by atoms with Gasteiger partial charge in [-0.25, -0.2) is 0 Å². The van der Waals surface area contributed by atoms with Crippen LogP contribution in [0, 0.1) is 0 Å². The van der Waals surface area contributed by atoms with Crippen LogP contribution in [0.4, 0.5) is 0 Å². The summed E-state index contributed by atoms with van der Waals surface area (Å²) >= 11 is 0. The molecule has 0 bridgehead atoms. The molecule has 1 heterocycles. The van der Waals surface area contributed by atoms with Crippen molar-refractivity contribution in [3.8, 4) is 0 Å². The normalized spacial score (nSPS) is 10.6. The molecule has 1 aromatic heterocycles. The number of aromatic nitrogens is 1. The molecule has 0 aliphatic carbocycles. The van der Waals surface area contributed by atoms with E-state index in [0.717, 1.165) is 0 Å². The smallest absolute Gasteiger partial charge is 0.267 e. The highest BCUT2D eigenvalue weighted by atomic mass is 16.1. The van der Waals surface area contributed by atoms with Gasteiger partial charge in [-0.1, -0.05) is 60.7 Å². The van der Waals surface area contributed by atoms with Crippen LogP contribution >= 0.6 is 0 Å². The fourth-order valence-corrected chi connectivity index (χ4v) is 2.56. The highest BCUT2D eigenvalue weighted by molar-refractivity contribution is 5.92. The molecule has 3 aromatic rings. The molecular formula is C19H18N2O. The lowest BCUT2D eigenvalue weighted by Gasteiger charge is -2.18. The molecule has 3 rings (SSSR count). The molecule has 22 heavy (non-hydrogen) atoms. The number of rotatable bonds is 5. The first-order chi connectivity index (χ1) is 10.8. The Balaban J connectivity index is 1.79. The third-order valence-corrected chi connectivity index (χ3v) is 3.71. The van der Waals surface area contributed by atoms with E-state index in [-0.39, 0.29) is 11.8 Å². The number of carbonyl (C=O) groups excluding carboxylic acids is 1. The lowest BCUT2D eigenvalue weighted by molar-refractivity contribution is 0.0948. The minimum atomic E-state index is -0.0816. The summed E-state index contributed by atoms with van der Waals surface area (Å²) in [5.41, 5.74) is 2.97. The summed E-state index contributed by atoms with van der Waals surface area (Å²) in [6.45, 7) is 0.561. The van der Waals surface area contributed by atoms with E-state index in [1.807, 2.05) is 42.5 Å². The van der Waals surface area contributed by atoms with Crippen molar-refractivity contribution in [3.05, 3.63) is 95.8 Å². The fraction of sp³-hybridized carbons (Fsp3) is 0.105. The molecule has 0 atom stereocenters. The van der Waals surface area contributed by atoms with E-state index >= 15 is 0 Å². The molecule has 0 aliphatic rings. The molecule has 1 amide bonds. The Morgan fingerprint density at radius 2 is 1.45 bits per heavy atom. The molecule has 0 saturated heterocycles. The van der Waals surface area contributed by atoms with Crippen molar-refractivity contribution in [2.24, 2.45) is 0 Å². The van der Waals surface area contributed by atoms with Crippen LogP contribution in [0.1, 0.15) is 27.5 Å². The van der Waals surface area contributed by atoms with Crippen molar-refractivity contribution < 1.29 is 4.79 Å². The van der Waals surface area contributed by atoms with E-state index in [2.05, 4.69) is 34.6 Å². The molecule has 2 aromatic carbocycles. The summed E-state index contributed by atoms with van der Waals surface area (Å²) in [5, 5.41) is 3.01. The van der Waals surface area contributed by atoms with Crippen molar-refractivity contribution >= 4 is 5.91 Å². The molecule has 0 aliphatic heterocycles. The van der Waals surface area contributed by atoms with Gasteiger partial charge in [0.25, 0.3) is 5.91 Å². The zero-order valence-corrected chi connectivity index (χ0v) is 12.2. The van der Waals surface area contributed by atoms with Gasteiger partial charge in [0.05, 0.1) is 0 Å². The molecule has 0 radical (unpaired) electrons. The van der Waals surface area contributed by atoms with Gasteiger partial charge in [-0.2, -0.15) is 0 Å². The van der Waals surface area contributed by atoms with Crippen LogP contribution in [0.5, 0.6) is 0 Å². The molecular weight excluding hydrogens is 272 g/mol. The SMILES string of the molecule is O=C(NCC(c1ccccc1)c1ccccc1)c1ccc[nH]1. The highest BCUT2D eigenvalue weighted by Gasteiger charge is 2.15. The van der Waals surface area contributed by atoms with Crippen molar-refractivity contribution in [2.45, 2.75) is 5.92 Å². The van der Waals surface area contributed by atoms with Gasteiger partial charge in [0.2, 0.25) is 0 Å². The minimum Gasteiger partial charge on any atom is -0.357 e. The van der Waals surface area contributed by atoms with Gasteiger partial charge in [0, 0.05) is 18.7 Å². The average Bonchev–Trinajstić information content (AvgIpc) is 3.11. The van der Waals surface area contributed by atoms with Crippen molar-refractivity contribution in [2.75, 3.05) is 6.54 Å². The van der Waals surface area contributed by atoms with Crippen LogP contribution in [0.2, 0.25) is 0 Å². The number of H-pyrrole nitrogens is 1. The number of carbonyl (C=O) groups is 1. The molecule has 0 fully saturated rings. The Kier molecular flexibility index (Phi) is 4.35. The number of aromatic amines is 1. The number of hydrogen-bond acceptors (Lipinski definition) is 1. The molecule has 110 valence electrons. The second-order valence-electron chi connectivity index (χ2n) is 5.17. The minimum absolute atomic E-state index is 0.0816. The fourth-order valence-electron chi connectivity index (χ4n) is 2.56. The first-order valence-corrected chi connectivity index (χ1v) is 7.36. The van der Waals surface area contributed by atoms with E-state index in [9.17, 15) is 4.79 Å². The van der Waals surface area contributed by atoms with Crippen LogP contribution in [-0.2, 0) is 0 Å². The van der Waals surface area contributed by atoms with Crippen LogP contribution < -0.4 is 5.32 Å². The summed E-state index contributed by atoms with van der Waals surface area (Å²) in [6.07, 6.45) is 1.75. The predicted octanol–water partition coefficient (Wildman–Crippen LogP) is 3.58. The van der Waals surface area contributed by atoms with Gasteiger partial charge >= 0.3 is 0 Å². The molecule has 0 spiro atoms. The Morgan fingerprint density at radius 1 is 0.864 bits per heavy atom. The molecule has 0 saturated carbocycles. The monoisotopic (exact) mass is 290 g/mol. The second-order valence-corrected chi connectivity index (χ2v) is 5.17. The predicted molar refractivity (Wildman–Crippen MR) is 87.9 cm³/mol. The van der Waals surface area contributed by atoms with E-state index < -0.39 is 0 Å². The maximum absolute atomic E-state index is 12.1. The van der Waals surface area contributed by atoms with Crippen LogP contribution in [0.15, 0.2) is 79.0 Å². The van der Waals surface area contributed by atoms with Gasteiger partial charge in [-0.3, -0.25) is 4.79 Å². The van der Waals surface area contributed by atoms with E-state index in [1.165, 1.54) is 11.1 Å². The number of amides is 1. The van der Waals surface area contributed by atoms with Gasteiger partial charge in [0.15, 0.2) is 0 Å². The summed E-state index contributed by atoms with van der Waals surface area (Å²) in [5.74, 6) is 0.0585. The van der Waals surface area contributed by atoms with Gasteiger partial charge in [-0.15, -0.1) is 0 Å². The topological polar surface area (TPSA) is 44.9 Å². The second kappa shape index (κ2) is 6.76. The number of hydrogen-bond donors (Lipinski definition) is 2. The van der Waals surface area contributed by atoms with Gasteiger partial charge in [-0.05, 0) is 23.3 Å². The summed E-state index contributed by atoms with van der Waals surface area (Å²) in [4.78, 5) is 15.1. The zero-order chi connectivity index (χ0) is 15.2. The Morgan fingerprint density at radius 3 is 1.95 bits per heavy atom. The largest absolute Gasteiger partial charge is 0.357 e. The first-order valence-electron chi connectivity index (χ1n) is 7.36. The number of benzene rings is 2. The van der Waals surface area contributed by atoms with Gasteiger partial charge < -0.3 is 10.3 Å². The van der Waals surface area contributed by atoms with E-state index in [1.54, 1.807) is 12.3 Å². The summed E-state index contributed by atoms with van der Waals surface area (Å²) < 4.78 is 0. The van der Waals surface area contributed by atoms with Crippen molar-refractivity contribution in [1.29, 1.82) is 0 Å². The Labute approximate surface area is 130 Å². The molecule has 3 heteroatoms. The number of nitrogens with one attached hydrogen (secondary N) is 2. The zero-order valence-electron chi connectivity index (χ0n) is 12.2. The van der Waals surface area contributed by atoms with E-state index in [0.29, 0.717) is 12.2 Å². The molecule has 2 N–H and O–H groups in total. The highest BCUT2D eigenvalue weighted by Crippen LogP contribution is 2.23. The van der Waals surface area contributed by atoms with Crippen molar-refractivity contribution in [1.82, 2.24) is 10.3 Å². The average molecular weight is 290 g/mol. The lowest BCUT2D eigenvalue weighted by atomic mass is 9.91. The third-order valence-electron chi connectivity index (χ3n) is 3.71. The first kappa shape index (κ1) is 14.1. The molecule has 0 unspecified atom stereocenters. The van der Waals surface area contributed by atoms with Crippen LogP contribution in [-0.4, -0.2) is 17.4 Å². The summed E-state index contributed by atoms with van der Waals surface area (Å²) in [7, 11) is 0. The quantitative estimate of drug-likeness (QED) is 0.741. The van der Waals surface area contributed by atoms with Gasteiger partial charge in [0.1, 0.15) is 5.69 Å². The Bertz CT molecular complexity index is 666. The van der Waals surface area contributed by atoms with Crippen molar-refractivity contribution in [3.63, 3.8) is 0 Å². The summed E-state index contributed by atoms with van der Waals surface area (Å²) in [6, 6.07) is 24.1. The Hall–Kier alpha value is -2.81. The van der Waals surface area contributed by atoms with E-state index in [4.69, 9.17) is 0 Å².